The van der Waals surface area contributed by atoms with Crippen LogP contribution in [0, 0.1) is 13.8 Å². The van der Waals surface area contributed by atoms with Crippen molar-refractivity contribution in [2.24, 2.45) is 0 Å². The molecule has 210 valence electrons. The number of hydrogen-bond acceptors (Lipinski definition) is 8. The highest BCUT2D eigenvalue weighted by Gasteiger charge is 2.28. The molecule has 4 aromatic rings. The van der Waals surface area contributed by atoms with Crippen LogP contribution < -0.4 is 14.2 Å². The zero-order chi connectivity index (χ0) is 29.3. The van der Waals surface area contributed by atoms with Gasteiger partial charge in [-0.15, -0.1) is 0 Å². The van der Waals surface area contributed by atoms with Gasteiger partial charge in [0.25, 0.3) is 20.0 Å². The molecule has 0 atom stereocenters. The van der Waals surface area contributed by atoms with Gasteiger partial charge < -0.3 is 9.84 Å². The van der Waals surface area contributed by atoms with Gasteiger partial charge in [-0.05, 0) is 68.4 Å². The second kappa shape index (κ2) is 10.8. The van der Waals surface area contributed by atoms with E-state index in [1.165, 1.54) is 55.6 Å². The van der Waals surface area contributed by atoms with E-state index in [-0.39, 0.29) is 14.7 Å². The molecule has 4 aromatic carbocycles. The Labute approximate surface area is 233 Å². The van der Waals surface area contributed by atoms with Crippen molar-refractivity contribution in [3.8, 4) is 11.5 Å². The van der Waals surface area contributed by atoms with Crippen LogP contribution in [0.15, 0.2) is 105 Å². The van der Waals surface area contributed by atoms with Crippen LogP contribution >= 0.6 is 0 Å². The summed E-state index contributed by atoms with van der Waals surface area (Å²) in [6.45, 7) is 3.56. The molecule has 0 aliphatic rings. The first-order valence-electron chi connectivity index (χ1n) is 11.7. The summed E-state index contributed by atoms with van der Waals surface area (Å²) in [4.78, 5) is -1.07. The number of sulfone groups is 1. The van der Waals surface area contributed by atoms with Crippen molar-refractivity contribution in [3.05, 3.63) is 96.1 Å². The number of sulfonamides is 2. The van der Waals surface area contributed by atoms with Gasteiger partial charge in [-0.25, -0.2) is 25.3 Å². The third-order valence-corrected chi connectivity index (χ3v) is 10.5. The van der Waals surface area contributed by atoms with Crippen molar-refractivity contribution in [3.63, 3.8) is 0 Å². The first-order chi connectivity index (χ1) is 18.7. The molecule has 40 heavy (non-hydrogen) atoms. The Balaban J connectivity index is 1.86. The number of benzene rings is 4. The van der Waals surface area contributed by atoms with Gasteiger partial charge in [-0.3, -0.25) is 9.44 Å². The molecule has 0 bridgehead atoms. The number of anilines is 2. The highest BCUT2D eigenvalue weighted by molar-refractivity contribution is 7.93. The smallest absolute Gasteiger partial charge is 0.262 e. The molecule has 0 saturated carbocycles. The Morgan fingerprint density at radius 3 is 1.48 bits per heavy atom. The van der Waals surface area contributed by atoms with Crippen molar-refractivity contribution in [1.82, 2.24) is 0 Å². The van der Waals surface area contributed by atoms with Gasteiger partial charge in [0.05, 0.1) is 38.1 Å². The maximum atomic E-state index is 13.6. The number of nitrogens with one attached hydrogen (secondary N) is 2. The molecule has 0 unspecified atom stereocenters. The quantitative estimate of drug-likeness (QED) is 0.187. The molecule has 3 N–H and O–H groups in total. The summed E-state index contributed by atoms with van der Waals surface area (Å²) < 4.78 is 89.1. The molecule has 0 spiro atoms. The Hall–Kier alpha value is -4.07. The van der Waals surface area contributed by atoms with E-state index < -0.39 is 51.9 Å². The second-order valence-corrected chi connectivity index (χ2v) is 14.2. The van der Waals surface area contributed by atoms with Crippen LogP contribution in [0.1, 0.15) is 11.1 Å². The van der Waals surface area contributed by atoms with Crippen LogP contribution in [0.2, 0.25) is 0 Å². The molecular formula is C27H26N2O8S3. The fourth-order valence-electron chi connectivity index (χ4n) is 3.68. The van der Waals surface area contributed by atoms with E-state index in [0.717, 1.165) is 23.3 Å². The normalized spacial score (nSPS) is 12.1. The summed E-state index contributed by atoms with van der Waals surface area (Å²) in [5.41, 5.74) is 0.716. The van der Waals surface area contributed by atoms with E-state index in [1.807, 2.05) is 0 Å². The summed E-state index contributed by atoms with van der Waals surface area (Å²) in [5, 5.41) is 10.7. The Bertz CT molecular complexity index is 1870. The average Bonchev–Trinajstić information content (AvgIpc) is 2.90. The lowest BCUT2D eigenvalue weighted by atomic mass is 10.2. The molecule has 4 rings (SSSR count). The predicted octanol–water partition coefficient (Wildman–Crippen LogP) is 4.45. The monoisotopic (exact) mass is 602 g/mol. The Morgan fingerprint density at radius 1 is 0.600 bits per heavy atom. The number of phenolic OH excluding ortho intramolecular Hbond substituents is 1. The summed E-state index contributed by atoms with van der Waals surface area (Å²) in [6.07, 6.45) is 0. The van der Waals surface area contributed by atoms with Crippen molar-refractivity contribution < 1.29 is 35.1 Å². The standard InChI is InChI=1S/C27H26N2O8S3/c1-18-4-10-22(11-5-18)39(33,34)28-24-16-25(29-40(35,36)23-12-6-19(2)7-13-23)27(17-26(24)30)38(31,32)21-14-8-20(37-3)9-15-21/h4-17,28-30H,1-3H3. The molecule has 0 radical (unpaired) electrons. The zero-order valence-corrected chi connectivity index (χ0v) is 24.1. The summed E-state index contributed by atoms with van der Waals surface area (Å²) in [7, 11) is -11.6. The third kappa shape index (κ3) is 6.06. The first-order valence-corrected chi connectivity index (χ1v) is 16.1. The molecule has 13 heteroatoms. The third-order valence-electron chi connectivity index (χ3n) is 5.91. The first kappa shape index (κ1) is 28.9. The lowest BCUT2D eigenvalue weighted by Crippen LogP contribution is -2.17. The highest BCUT2D eigenvalue weighted by atomic mass is 32.2. The average molecular weight is 603 g/mol. The maximum Gasteiger partial charge on any atom is 0.262 e. The number of ether oxygens (including phenoxy) is 1. The van der Waals surface area contributed by atoms with Gasteiger partial charge in [-0.2, -0.15) is 0 Å². The van der Waals surface area contributed by atoms with Crippen molar-refractivity contribution in [2.75, 3.05) is 16.6 Å². The van der Waals surface area contributed by atoms with Gasteiger partial charge >= 0.3 is 0 Å². The van der Waals surface area contributed by atoms with Crippen LogP contribution in [0.3, 0.4) is 0 Å². The van der Waals surface area contributed by atoms with Crippen LogP contribution in [-0.4, -0.2) is 37.5 Å². The molecule has 0 amide bonds. The van der Waals surface area contributed by atoms with Crippen molar-refractivity contribution in [2.45, 2.75) is 33.4 Å². The van der Waals surface area contributed by atoms with Gasteiger partial charge in [0, 0.05) is 6.07 Å². The fraction of sp³-hybridized carbons (Fsp3) is 0.111. The predicted molar refractivity (Wildman–Crippen MR) is 151 cm³/mol. The maximum absolute atomic E-state index is 13.6. The summed E-state index contributed by atoms with van der Waals surface area (Å²) >= 11 is 0. The van der Waals surface area contributed by atoms with E-state index in [2.05, 4.69) is 9.44 Å². The van der Waals surface area contributed by atoms with E-state index in [1.54, 1.807) is 38.1 Å². The number of aryl methyl sites for hydroxylation is 2. The highest BCUT2D eigenvalue weighted by Crippen LogP contribution is 2.38. The molecular weight excluding hydrogens is 577 g/mol. The zero-order valence-electron chi connectivity index (χ0n) is 21.6. The molecule has 0 aromatic heterocycles. The van der Waals surface area contributed by atoms with Gasteiger partial charge in [0.1, 0.15) is 11.5 Å². The second-order valence-electron chi connectivity index (χ2n) is 8.88. The number of aromatic hydroxyl groups is 1. The largest absolute Gasteiger partial charge is 0.506 e. The van der Waals surface area contributed by atoms with E-state index in [0.29, 0.717) is 5.75 Å². The molecule has 0 aliphatic heterocycles. The number of rotatable bonds is 9. The van der Waals surface area contributed by atoms with Crippen LogP contribution in [-0.2, 0) is 29.9 Å². The van der Waals surface area contributed by atoms with E-state index in [9.17, 15) is 30.4 Å². The minimum Gasteiger partial charge on any atom is -0.506 e. The number of hydrogen-bond donors (Lipinski definition) is 3. The van der Waals surface area contributed by atoms with E-state index in [4.69, 9.17) is 4.74 Å². The fourth-order valence-corrected chi connectivity index (χ4v) is 7.29. The van der Waals surface area contributed by atoms with Crippen molar-refractivity contribution in [1.29, 1.82) is 0 Å². The molecule has 0 heterocycles. The van der Waals surface area contributed by atoms with Gasteiger partial charge in [0.15, 0.2) is 0 Å². The van der Waals surface area contributed by atoms with Crippen LogP contribution in [0.5, 0.6) is 11.5 Å². The van der Waals surface area contributed by atoms with Crippen molar-refractivity contribution >= 4 is 41.3 Å². The van der Waals surface area contributed by atoms with Crippen LogP contribution in [0.4, 0.5) is 11.4 Å². The lowest BCUT2D eigenvalue weighted by molar-refractivity contribution is 0.414. The molecule has 10 nitrogen and oxygen atoms in total. The molecule has 0 fully saturated rings. The van der Waals surface area contributed by atoms with Crippen LogP contribution in [0.25, 0.3) is 0 Å². The minimum absolute atomic E-state index is 0.116. The van der Waals surface area contributed by atoms with E-state index >= 15 is 0 Å². The Morgan fingerprint density at radius 2 is 1.02 bits per heavy atom. The van der Waals surface area contributed by atoms with Gasteiger partial charge in [-0.1, -0.05) is 35.4 Å². The summed E-state index contributed by atoms with van der Waals surface area (Å²) in [6, 6.07) is 18.8. The number of methoxy groups -OCH3 is 1. The van der Waals surface area contributed by atoms with Gasteiger partial charge in [0.2, 0.25) is 9.84 Å². The lowest BCUT2D eigenvalue weighted by Gasteiger charge is -2.17. The summed E-state index contributed by atoms with van der Waals surface area (Å²) in [5.74, 6) is -0.344. The Kier molecular flexibility index (Phi) is 7.83. The topological polar surface area (TPSA) is 156 Å². The molecule has 0 saturated heterocycles. The SMILES string of the molecule is COc1ccc(S(=O)(=O)c2cc(O)c(NS(=O)(=O)c3ccc(C)cc3)cc2NS(=O)(=O)c2ccc(C)cc2)cc1. The molecule has 0 aliphatic carbocycles. The minimum atomic E-state index is -4.42. The number of phenols is 1.